The largest absolute Gasteiger partial charge is 0.491 e. The molecule has 0 aliphatic carbocycles. The number of carboxylic acid groups (broad SMARTS) is 2. The molecule has 0 bridgehead atoms. The second-order valence-electron chi connectivity index (χ2n) is 4.63. The van der Waals surface area contributed by atoms with Gasteiger partial charge >= 0.3 is 11.9 Å². The highest BCUT2D eigenvalue weighted by atomic mass is 35.5. The van der Waals surface area contributed by atoms with Crippen LogP contribution in [0.4, 0.5) is 0 Å². The number of hydrogen-bond donors (Lipinski definition) is 3. The number of hydrogen-bond acceptors (Lipinski definition) is 5. The Morgan fingerprint density at radius 2 is 1.78 bits per heavy atom. The number of benzene rings is 1. The number of ether oxygens (including phenoxy) is 1. The van der Waals surface area contributed by atoms with E-state index in [9.17, 15) is 0 Å². The molecular formula is C14H18Cl2N2O5. The molecule has 23 heavy (non-hydrogen) atoms. The highest BCUT2D eigenvalue weighted by Gasteiger charge is 2.09. The van der Waals surface area contributed by atoms with Crippen LogP contribution in [0.25, 0.3) is 0 Å². The third-order valence-corrected chi connectivity index (χ3v) is 3.48. The van der Waals surface area contributed by atoms with E-state index in [-0.39, 0.29) is 0 Å². The van der Waals surface area contributed by atoms with Gasteiger partial charge in [-0.15, -0.1) is 0 Å². The highest BCUT2D eigenvalue weighted by molar-refractivity contribution is 6.35. The lowest BCUT2D eigenvalue weighted by Gasteiger charge is -2.26. The van der Waals surface area contributed by atoms with Gasteiger partial charge in [-0.25, -0.2) is 9.59 Å². The molecule has 0 aromatic heterocycles. The molecule has 1 aliphatic heterocycles. The minimum atomic E-state index is -1.82. The summed E-state index contributed by atoms with van der Waals surface area (Å²) >= 11 is 11.8. The zero-order chi connectivity index (χ0) is 17.2. The first-order chi connectivity index (χ1) is 10.9. The van der Waals surface area contributed by atoms with E-state index in [0.717, 1.165) is 32.7 Å². The first-order valence-corrected chi connectivity index (χ1v) is 7.63. The summed E-state index contributed by atoms with van der Waals surface area (Å²) in [6.45, 7) is 5.86. The topological polar surface area (TPSA) is 99.1 Å². The van der Waals surface area contributed by atoms with E-state index in [2.05, 4.69) is 10.2 Å². The SMILES string of the molecule is Clc1ccc(OCCN2CCNCC2)c(Cl)c1.O=C(O)C(=O)O. The first kappa shape index (κ1) is 19.5. The van der Waals surface area contributed by atoms with Crippen molar-refractivity contribution in [1.29, 1.82) is 0 Å². The lowest BCUT2D eigenvalue weighted by Crippen LogP contribution is -2.44. The maximum atomic E-state index is 9.10. The van der Waals surface area contributed by atoms with Crippen molar-refractivity contribution in [1.82, 2.24) is 10.2 Å². The van der Waals surface area contributed by atoms with E-state index < -0.39 is 11.9 Å². The van der Waals surface area contributed by atoms with Gasteiger partial charge in [0.15, 0.2) is 0 Å². The Morgan fingerprint density at radius 1 is 1.17 bits per heavy atom. The van der Waals surface area contributed by atoms with E-state index in [1.54, 1.807) is 12.1 Å². The zero-order valence-corrected chi connectivity index (χ0v) is 13.8. The number of piperazine rings is 1. The molecule has 1 aliphatic rings. The van der Waals surface area contributed by atoms with Crippen molar-refractivity contribution in [2.24, 2.45) is 0 Å². The van der Waals surface area contributed by atoms with Crippen LogP contribution in [0.1, 0.15) is 0 Å². The molecular weight excluding hydrogens is 347 g/mol. The molecule has 0 unspecified atom stereocenters. The fraction of sp³-hybridized carbons (Fsp3) is 0.429. The zero-order valence-electron chi connectivity index (χ0n) is 12.3. The molecule has 0 spiro atoms. The predicted octanol–water partition coefficient (Wildman–Crippen LogP) is 1.43. The molecule has 3 N–H and O–H groups in total. The third-order valence-electron chi connectivity index (χ3n) is 2.95. The van der Waals surface area contributed by atoms with Crippen molar-refractivity contribution in [3.8, 4) is 5.75 Å². The van der Waals surface area contributed by atoms with Crippen LogP contribution in [-0.4, -0.2) is 66.4 Å². The lowest BCUT2D eigenvalue weighted by molar-refractivity contribution is -0.159. The molecule has 2 rings (SSSR count). The molecule has 1 aromatic carbocycles. The van der Waals surface area contributed by atoms with Crippen molar-refractivity contribution in [2.75, 3.05) is 39.3 Å². The minimum Gasteiger partial charge on any atom is -0.491 e. The normalized spacial score (nSPS) is 14.5. The van der Waals surface area contributed by atoms with Crippen molar-refractivity contribution in [3.05, 3.63) is 28.2 Å². The van der Waals surface area contributed by atoms with Gasteiger partial charge in [0.2, 0.25) is 0 Å². The van der Waals surface area contributed by atoms with E-state index in [1.807, 2.05) is 6.07 Å². The second kappa shape index (κ2) is 10.3. The van der Waals surface area contributed by atoms with Gasteiger partial charge in [0.05, 0.1) is 5.02 Å². The number of aliphatic carboxylic acids is 2. The summed E-state index contributed by atoms with van der Waals surface area (Å²) in [6.07, 6.45) is 0. The molecule has 1 aromatic rings. The Kier molecular flexibility index (Phi) is 8.71. The molecule has 0 amide bonds. The van der Waals surface area contributed by atoms with Gasteiger partial charge in [-0.05, 0) is 18.2 Å². The fourth-order valence-electron chi connectivity index (χ4n) is 1.81. The summed E-state index contributed by atoms with van der Waals surface area (Å²) < 4.78 is 5.64. The van der Waals surface area contributed by atoms with Crippen LogP contribution in [0.3, 0.4) is 0 Å². The Labute approximate surface area is 143 Å². The average Bonchev–Trinajstić information content (AvgIpc) is 2.51. The molecule has 1 saturated heterocycles. The third kappa shape index (κ3) is 8.03. The quantitative estimate of drug-likeness (QED) is 0.695. The number of nitrogens with zero attached hydrogens (tertiary/aromatic N) is 1. The lowest BCUT2D eigenvalue weighted by atomic mass is 10.3. The van der Waals surface area contributed by atoms with Crippen molar-refractivity contribution < 1.29 is 24.5 Å². The summed E-state index contributed by atoms with van der Waals surface area (Å²) in [7, 11) is 0. The predicted molar refractivity (Wildman–Crippen MR) is 86.5 cm³/mol. The van der Waals surface area contributed by atoms with Crippen LogP contribution in [0.2, 0.25) is 10.0 Å². The summed E-state index contributed by atoms with van der Waals surface area (Å²) in [4.78, 5) is 20.6. The number of carbonyl (C=O) groups is 2. The van der Waals surface area contributed by atoms with E-state index in [4.69, 9.17) is 47.7 Å². The van der Waals surface area contributed by atoms with Gasteiger partial charge in [-0.2, -0.15) is 0 Å². The van der Waals surface area contributed by atoms with Crippen LogP contribution in [-0.2, 0) is 9.59 Å². The van der Waals surface area contributed by atoms with Crippen LogP contribution in [0.5, 0.6) is 5.75 Å². The Hall–Kier alpha value is -1.54. The number of rotatable bonds is 4. The summed E-state index contributed by atoms with van der Waals surface area (Å²) in [6, 6.07) is 5.29. The summed E-state index contributed by atoms with van der Waals surface area (Å²) in [5.41, 5.74) is 0. The van der Waals surface area contributed by atoms with Crippen LogP contribution >= 0.6 is 23.2 Å². The monoisotopic (exact) mass is 364 g/mol. The molecule has 1 heterocycles. The maximum Gasteiger partial charge on any atom is 0.414 e. The van der Waals surface area contributed by atoms with E-state index in [1.165, 1.54) is 0 Å². The molecule has 7 nitrogen and oxygen atoms in total. The van der Waals surface area contributed by atoms with E-state index >= 15 is 0 Å². The molecule has 0 atom stereocenters. The smallest absolute Gasteiger partial charge is 0.414 e. The number of nitrogens with one attached hydrogen (secondary N) is 1. The van der Waals surface area contributed by atoms with Gasteiger partial charge in [-0.1, -0.05) is 23.2 Å². The average molecular weight is 365 g/mol. The number of carboxylic acids is 2. The highest BCUT2D eigenvalue weighted by Crippen LogP contribution is 2.27. The Morgan fingerprint density at radius 3 is 2.30 bits per heavy atom. The first-order valence-electron chi connectivity index (χ1n) is 6.87. The van der Waals surface area contributed by atoms with Crippen LogP contribution < -0.4 is 10.1 Å². The Bertz CT molecular complexity index is 524. The Balaban J connectivity index is 0.000000379. The van der Waals surface area contributed by atoms with Crippen molar-refractivity contribution in [3.63, 3.8) is 0 Å². The molecule has 128 valence electrons. The second-order valence-corrected chi connectivity index (χ2v) is 5.47. The van der Waals surface area contributed by atoms with E-state index in [0.29, 0.717) is 22.4 Å². The van der Waals surface area contributed by atoms with Crippen LogP contribution in [0, 0.1) is 0 Å². The van der Waals surface area contributed by atoms with Crippen molar-refractivity contribution in [2.45, 2.75) is 0 Å². The van der Waals surface area contributed by atoms with Crippen LogP contribution in [0.15, 0.2) is 18.2 Å². The molecule has 1 fully saturated rings. The van der Waals surface area contributed by atoms with Gasteiger partial charge in [0.1, 0.15) is 12.4 Å². The standard InChI is InChI=1S/C12H16Cl2N2O.C2H2O4/c13-10-1-2-12(11(14)9-10)17-8-7-16-5-3-15-4-6-16;3-1(4)2(5)6/h1-2,9,15H,3-8H2;(H,3,4)(H,5,6). The van der Waals surface area contributed by atoms with Gasteiger partial charge < -0.3 is 20.3 Å². The molecule has 0 saturated carbocycles. The van der Waals surface area contributed by atoms with Gasteiger partial charge in [-0.3, -0.25) is 4.90 Å². The summed E-state index contributed by atoms with van der Waals surface area (Å²) in [5, 5.41) is 19.3. The van der Waals surface area contributed by atoms with Gasteiger partial charge in [0, 0.05) is 37.7 Å². The summed E-state index contributed by atoms with van der Waals surface area (Å²) in [5.74, 6) is -2.95. The maximum absolute atomic E-state index is 9.10. The molecule has 9 heteroatoms. The number of halogens is 2. The van der Waals surface area contributed by atoms with Gasteiger partial charge in [0.25, 0.3) is 0 Å². The fourth-order valence-corrected chi connectivity index (χ4v) is 2.27. The van der Waals surface area contributed by atoms with Crippen molar-refractivity contribution >= 4 is 35.1 Å². The molecule has 0 radical (unpaired) electrons. The minimum absolute atomic E-state index is 0.567.